The first-order valence-electron chi connectivity index (χ1n) is 17.9. The summed E-state index contributed by atoms with van der Waals surface area (Å²) in [6.45, 7) is 7.13. The SMILES string of the molecule is Cc1ncoc1COc1ccc2c(c1)CCN(CC(O)CNC(=O)c1cc(NC3CC4(CC4)C3)nc(N3CCN(C(=O)C4CC4)CC3)c1)C2. The van der Waals surface area contributed by atoms with E-state index in [0.717, 1.165) is 68.2 Å². The molecule has 1 saturated heterocycles. The Bertz CT molecular complexity index is 1690. The number of ether oxygens (including phenoxy) is 1. The Labute approximate surface area is 287 Å². The van der Waals surface area contributed by atoms with E-state index in [1.807, 2.05) is 30.0 Å². The van der Waals surface area contributed by atoms with Gasteiger partial charge in [-0.3, -0.25) is 14.5 Å². The van der Waals surface area contributed by atoms with Gasteiger partial charge in [-0.15, -0.1) is 0 Å². The van der Waals surface area contributed by atoms with Crippen molar-refractivity contribution in [1.29, 1.82) is 0 Å². The number of rotatable bonds is 12. The van der Waals surface area contributed by atoms with Crippen molar-refractivity contribution in [2.45, 2.75) is 77.2 Å². The number of anilines is 2. The number of hydrogen-bond acceptors (Lipinski definition) is 10. The molecule has 12 heteroatoms. The summed E-state index contributed by atoms with van der Waals surface area (Å²) in [6, 6.07) is 10.2. The molecule has 3 saturated carbocycles. The van der Waals surface area contributed by atoms with Crippen LogP contribution < -0.4 is 20.3 Å². The number of aliphatic hydroxyl groups is 1. The Balaban J connectivity index is 0.854. The molecule has 2 amide bonds. The van der Waals surface area contributed by atoms with Gasteiger partial charge in [0, 0.05) is 69.9 Å². The average molecular weight is 670 g/mol. The summed E-state index contributed by atoms with van der Waals surface area (Å²) >= 11 is 0. The van der Waals surface area contributed by atoms with Crippen molar-refractivity contribution in [1.82, 2.24) is 25.1 Å². The molecule has 3 N–H and O–H groups in total. The van der Waals surface area contributed by atoms with E-state index < -0.39 is 6.10 Å². The maximum Gasteiger partial charge on any atom is 0.251 e. The van der Waals surface area contributed by atoms with Crippen molar-refractivity contribution in [2.75, 3.05) is 56.0 Å². The zero-order valence-electron chi connectivity index (χ0n) is 28.3. The van der Waals surface area contributed by atoms with Crippen LogP contribution in [0.3, 0.4) is 0 Å². The second-order valence-electron chi connectivity index (χ2n) is 14.9. The summed E-state index contributed by atoms with van der Waals surface area (Å²) in [5.74, 6) is 3.27. The van der Waals surface area contributed by atoms with E-state index >= 15 is 0 Å². The van der Waals surface area contributed by atoms with Crippen LogP contribution in [0.25, 0.3) is 0 Å². The van der Waals surface area contributed by atoms with Crippen molar-refractivity contribution in [3.05, 3.63) is 64.9 Å². The highest BCUT2D eigenvalue weighted by atomic mass is 16.5. The van der Waals surface area contributed by atoms with Crippen LogP contribution in [0.5, 0.6) is 5.75 Å². The molecule has 3 aliphatic carbocycles. The predicted octanol–water partition coefficient (Wildman–Crippen LogP) is 3.52. The molecule has 2 aliphatic heterocycles. The summed E-state index contributed by atoms with van der Waals surface area (Å²) in [4.78, 5) is 41.5. The largest absolute Gasteiger partial charge is 0.486 e. The third-order valence-corrected chi connectivity index (χ3v) is 11.0. The number of aryl methyl sites for hydroxylation is 1. The van der Waals surface area contributed by atoms with E-state index in [1.165, 1.54) is 30.4 Å². The van der Waals surface area contributed by atoms with Gasteiger partial charge in [0.1, 0.15) is 24.0 Å². The number of β-amino-alcohol motifs (C(OH)–C–C–N with tert-alkyl or cyclic N) is 1. The Morgan fingerprint density at radius 1 is 1.08 bits per heavy atom. The molecule has 0 bridgehead atoms. The number of benzene rings is 1. The summed E-state index contributed by atoms with van der Waals surface area (Å²) in [7, 11) is 0. The van der Waals surface area contributed by atoms with Gasteiger partial charge in [0.05, 0.1) is 11.8 Å². The smallest absolute Gasteiger partial charge is 0.251 e. The number of piperazine rings is 1. The highest BCUT2D eigenvalue weighted by Gasteiger charge is 2.53. The van der Waals surface area contributed by atoms with Crippen LogP contribution >= 0.6 is 0 Å². The number of fused-ring (bicyclic) bond motifs is 1. The summed E-state index contributed by atoms with van der Waals surface area (Å²) in [6.07, 6.45) is 8.57. The van der Waals surface area contributed by atoms with Gasteiger partial charge in [-0.2, -0.15) is 0 Å². The van der Waals surface area contributed by atoms with E-state index in [4.69, 9.17) is 14.1 Å². The van der Waals surface area contributed by atoms with Gasteiger partial charge < -0.3 is 34.7 Å². The lowest BCUT2D eigenvalue weighted by molar-refractivity contribution is -0.132. The van der Waals surface area contributed by atoms with E-state index in [9.17, 15) is 14.7 Å². The first-order chi connectivity index (χ1) is 23.8. The van der Waals surface area contributed by atoms with Crippen molar-refractivity contribution in [2.24, 2.45) is 11.3 Å². The lowest BCUT2D eigenvalue weighted by atomic mass is 9.77. The molecule has 1 unspecified atom stereocenters. The van der Waals surface area contributed by atoms with Crippen LogP contribution in [0.4, 0.5) is 11.6 Å². The highest BCUT2D eigenvalue weighted by Crippen LogP contribution is 2.61. The van der Waals surface area contributed by atoms with Crippen molar-refractivity contribution in [3.8, 4) is 5.75 Å². The fourth-order valence-corrected chi connectivity index (χ4v) is 7.63. The number of nitrogens with one attached hydrogen (secondary N) is 2. The number of pyridine rings is 1. The summed E-state index contributed by atoms with van der Waals surface area (Å²) in [5, 5.41) is 17.5. The maximum atomic E-state index is 13.5. The van der Waals surface area contributed by atoms with E-state index in [2.05, 4.69) is 37.6 Å². The van der Waals surface area contributed by atoms with Gasteiger partial charge in [0.15, 0.2) is 12.2 Å². The van der Waals surface area contributed by atoms with E-state index in [-0.39, 0.29) is 24.3 Å². The predicted molar refractivity (Wildman–Crippen MR) is 183 cm³/mol. The molecule has 1 spiro atoms. The van der Waals surface area contributed by atoms with Crippen molar-refractivity contribution in [3.63, 3.8) is 0 Å². The van der Waals surface area contributed by atoms with Gasteiger partial charge in [0.25, 0.3) is 5.91 Å². The minimum Gasteiger partial charge on any atom is -0.486 e. The van der Waals surface area contributed by atoms with Crippen LogP contribution in [0.15, 0.2) is 41.1 Å². The molecule has 1 aromatic carbocycles. The minimum absolute atomic E-state index is 0.156. The molecular weight excluding hydrogens is 622 g/mol. The molecule has 2 aromatic heterocycles. The van der Waals surface area contributed by atoms with Gasteiger partial charge in [-0.05, 0) is 92.7 Å². The van der Waals surface area contributed by atoms with Gasteiger partial charge >= 0.3 is 0 Å². The quantitative estimate of drug-likeness (QED) is 0.263. The molecule has 1 atom stereocenters. The normalized spacial score (nSPS) is 20.8. The number of carbonyl (C=O) groups is 2. The third-order valence-electron chi connectivity index (χ3n) is 11.0. The fraction of sp³-hybridized carbons (Fsp3) is 0.568. The molecule has 5 aliphatic rings. The van der Waals surface area contributed by atoms with Crippen LogP contribution in [0, 0.1) is 18.3 Å². The molecule has 4 fully saturated rings. The van der Waals surface area contributed by atoms with Gasteiger partial charge in [-0.1, -0.05) is 6.07 Å². The van der Waals surface area contributed by atoms with E-state index in [1.54, 1.807) is 0 Å². The average Bonchev–Trinajstić information content (AvgIpc) is 4.04. The van der Waals surface area contributed by atoms with Crippen LogP contribution in [0.2, 0.25) is 0 Å². The molecule has 260 valence electrons. The van der Waals surface area contributed by atoms with Crippen molar-refractivity contribution < 1.29 is 23.8 Å². The molecular formula is C37H47N7O5. The highest BCUT2D eigenvalue weighted by molar-refractivity contribution is 5.95. The van der Waals surface area contributed by atoms with Crippen LogP contribution in [-0.4, -0.2) is 94.6 Å². The molecule has 8 rings (SSSR count). The second-order valence-corrected chi connectivity index (χ2v) is 14.9. The lowest BCUT2D eigenvalue weighted by Gasteiger charge is -2.38. The Kier molecular flexibility index (Phi) is 8.69. The summed E-state index contributed by atoms with van der Waals surface area (Å²) < 4.78 is 11.3. The Morgan fingerprint density at radius 3 is 2.63 bits per heavy atom. The van der Waals surface area contributed by atoms with Gasteiger partial charge in [0.2, 0.25) is 5.91 Å². The number of carbonyl (C=O) groups excluding carboxylic acids is 2. The number of nitrogens with zero attached hydrogens (tertiary/aromatic N) is 5. The molecule has 0 radical (unpaired) electrons. The standard InChI is InChI=1S/C37H47N7O5/c1-24-32(49-23-39-24)22-48-31-5-4-27-20-42(9-6-26(27)14-31)21-30(45)19-38-35(46)28-15-33(40-29-17-37(18-29)7-8-37)41-34(16-28)43-10-12-44(13-11-43)36(47)25-2-3-25/h4-5,14-16,23,25,29-30,45H,2-3,6-13,17-22H2,1H3,(H,38,46)(H,40,41). The number of hydrogen-bond donors (Lipinski definition) is 3. The Morgan fingerprint density at radius 2 is 1.90 bits per heavy atom. The Hall–Kier alpha value is -4.16. The van der Waals surface area contributed by atoms with Crippen LogP contribution in [0.1, 0.15) is 71.5 Å². The van der Waals surface area contributed by atoms with Gasteiger partial charge in [-0.25, -0.2) is 9.97 Å². The zero-order valence-corrected chi connectivity index (χ0v) is 28.3. The number of amides is 2. The molecule has 12 nitrogen and oxygen atoms in total. The lowest BCUT2D eigenvalue weighted by Crippen LogP contribution is -2.49. The molecule has 3 aromatic rings. The zero-order chi connectivity index (χ0) is 33.5. The monoisotopic (exact) mass is 669 g/mol. The third kappa shape index (κ3) is 7.40. The number of aromatic nitrogens is 2. The number of aliphatic hydroxyl groups excluding tert-OH is 1. The summed E-state index contributed by atoms with van der Waals surface area (Å²) in [5.41, 5.74) is 4.38. The molecule has 49 heavy (non-hydrogen) atoms. The van der Waals surface area contributed by atoms with Crippen molar-refractivity contribution >= 4 is 23.5 Å². The second kappa shape index (κ2) is 13.3. The minimum atomic E-state index is -0.709. The fourth-order valence-electron chi connectivity index (χ4n) is 7.63. The molecule has 4 heterocycles. The first-order valence-corrected chi connectivity index (χ1v) is 17.9. The van der Waals surface area contributed by atoms with Crippen LogP contribution in [-0.2, 0) is 24.4 Å². The maximum absolute atomic E-state index is 13.5. The topological polar surface area (TPSA) is 136 Å². The van der Waals surface area contributed by atoms with E-state index in [0.29, 0.717) is 62.2 Å². The first kappa shape index (κ1) is 32.1. The number of oxazole rings is 1.